The van der Waals surface area contributed by atoms with Gasteiger partial charge in [0.25, 0.3) is 11.8 Å². The van der Waals surface area contributed by atoms with E-state index in [-0.39, 0.29) is 19.9 Å². The normalized spacial score (nSPS) is 12.6. The molecule has 1 atom stereocenters. The fraction of sp³-hybridized carbons (Fsp3) is 0.286. The Labute approximate surface area is 173 Å². The topological polar surface area (TPSA) is 112 Å². The summed E-state index contributed by atoms with van der Waals surface area (Å²) in [6.07, 6.45) is -1.01. The number of esters is 1. The summed E-state index contributed by atoms with van der Waals surface area (Å²) in [7, 11) is 1.53. The van der Waals surface area contributed by atoms with Crippen LogP contribution in [-0.2, 0) is 20.9 Å². The van der Waals surface area contributed by atoms with E-state index < -0.39 is 23.9 Å². The van der Waals surface area contributed by atoms with Crippen molar-refractivity contribution in [3.8, 4) is 17.2 Å². The van der Waals surface area contributed by atoms with Crippen molar-refractivity contribution in [2.24, 2.45) is 0 Å². The van der Waals surface area contributed by atoms with Crippen molar-refractivity contribution in [3.63, 3.8) is 0 Å². The summed E-state index contributed by atoms with van der Waals surface area (Å²) in [5.41, 5.74) is 1.19. The molecule has 0 saturated carbocycles. The number of hydrogen-bond donors (Lipinski definition) is 2. The van der Waals surface area contributed by atoms with Gasteiger partial charge < -0.3 is 29.6 Å². The van der Waals surface area contributed by atoms with Crippen LogP contribution in [0.1, 0.15) is 22.8 Å². The van der Waals surface area contributed by atoms with E-state index in [9.17, 15) is 14.4 Å². The van der Waals surface area contributed by atoms with Gasteiger partial charge in [0, 0.05) is 12.1 Å². The summed E-state index contributed by atoms with van der Waals surface area (Å²) >= 11 is 0. The van der Waals surface area contributed by atoms with Gasteiger partial charge in [-0.05, 0) is 48.9 Å². The Hall–Kier alpha value is -3.75. The Morgan fingerprint density at radius 3 is 2.50 bits per heavy atom. The second-order valence-electron chi connectivity index (χ2n) is 6.45. The fourth-order valence-corrected chi connectivity index (χ4v) is 2.67. The van der Waals surface area contributed by atoms with Crippen LogP contribution in [0.25, 0.3) is 0 Å². The number of rotatable bonds is 8. The average Bonchev–Trinajstić information content (AvgIpc) is 3.23. The highest BCUT2D eigenvalue weighted by atomic mass is 16.7. The van der Waals surface area contributed by atoms with Gasteiger partial charge in [-0.2, -0.15) is 0 Å². The van der Waals surface area contributed by atoms with Crippen LogP contribution in [0.3, 0.4) is 0 Å². The third-order valence-electron chi connectivity index (χ3n) is 4.33. The van der Waals surface area contributed by atoms with Crippen LogP contribution in [0, 0.1) is 0 Å². The third kappa shape index (κ3) is 5.40. The molecule has 30 heavy (non-hydrogen) atoms. The lowest BCUT2D eigenvalue weighted by Gasteiger charge is -2.14. The zero-order valence-corrected chi connectivity index (χ0v) is 16.6. The molecule has 1 aliphatic heterocycles. The molecule has 9 heteroatoms. The minimum absolute atomic E-state index is 0.174. The lowest BCUT2D eigenvalue weighted by Crippen LogP contribution is -2.38. The van der Waals surface area contributed by atoms with E-state index in [2.05, 4.69) is 10.6 Å². The number of fused-ring (bicyclic) bond motifs is 1. The quantitative estimate of drug-likeness (QED) is 0.628. The summed E-state index contributed by atoms with van der Waals surface area (Å²) in [6, 6.07) is 11.8. The summed E-state index contributed by atoms with van der Waals surface area (Å²) in [6.45, 7) is 1.52. The minimum atomic E-state index is -1.01. The molecule has 9 nitrogen and oxygen atoms in total. The molecule has 158 valence electrons. The first-order valence-electron chi connectivity index (χ1n) is 9.24. The van der Waals surface area contributed by atoms with Gasteiger partial charge in [-0.15, -0.1) is 0 Å². The van der Waals surface area contributed by atoms with Crippen LogP contribution in [0.2, 0.25) is 0 Å². The summed E-state index contributed by atoms with van der Waals surface area (Å²) < 4.78 is 20.6. The highest BCUT2D eigenvalue weighted by Gasteiger charge is 2.19. The van der Waals surface area contributed by atoms with Crippen LogP contribution in [0.4, 0.5) is 0 Å². The lowest BCUT2D eigenvalue weighted by molar-refractivity contribution is -0.153. The molecule has 1 heterocycles. The first-order chi connectivity index (χ1) is 14.5. The number of carbonyl (C=O) groups is 3. The number of amides is 2. The predicted octanol–water partition coefficient (Wildman–Crippen LogP) is 1.40. The van der Waals surface area contributed by atoms with Gasteiger partial charge >= 0.3 is 5.97 Å². The molecule has 0 spiro atoms. The van der Waals surface area contributed by atoms with Crippen molar-refractivity contribution in [3.05, 3.63) is 53.6 Å². The summed E-state index contributed by atoms with van der Waals surface area (Å²) in [5.74, 6) is 0.282. The van der Waals surface area contributed by atoms with Crippen molar-refractivity contribution in [2.75, 3.05) is 20.4 Å². The molecule has 3 rings (SSSR count). The Balaban J connectivity index is 1.40. The van der Waals surface area contributed by atoms with Gasteiger partial charge in [-0.1, -0.05) is 6.07 Å². The molecule has 2 aromatic rings. The number of benzene rings is 2. The van der Waals surface area contributed by atoms with E-state index in [1.165, 1.54) is 14.0 Å². The smallest absolute Gasteiger partial charge is 0.326 e. The molecule has 1 unspecified atom stereocenters. The SMILES string of the molecule is COc1ccc(C(=O)NCC(=O)OC(C)C(=O)NCc2ccc3c(c2)OCO3)cc1. The number of hydrogen-bond acceptors (Lipinski definition) is 7. The van der Waals surface area contributed by atoms with Crippen LogP contribution >= 0.6 is 0 Å². The highest BCUT2D eigenvalue weighted by molar-refractivity contribution is 5.96. The summed E-state index contributed by atoms with van der Waals surface area (Å²) in [5, 5.41) is 5.14. The van der Waals surface area contributed by atoms with E-state index in [1.54, 1.807) is 42.5 Å². The largest absolute Gasteiger partial charge is 0.497 e. The van der Waals surface area contributed by atoms with E-state index in [4.69, 9.17) is 18.9 Å². The van der Waals surface area contributed by atoms with Gasteiger partial charge in [-0.3, -0.25) is 14.4 Å². The zero-order valence-electron chi connectivity index (χ0n) is 16.6. The van der Waals surface area contributed by atoms with Gasteiger partial charge in [0.15, 0.2) is 17.6 Å². The molecule has 2 N–H and O–H groups in total. The minimum Gasteiger partial charge on any atom is -0.497 e. The maximum absolute atomic E-state index is 12.2. The van der Waals surface area contributed by atoms with E-state index >= 15 is 0 Å². The number of methoxy groups -OCH3 is 1. The first kappa shape index (κ1) is 21.0. The van der Waals surface area contributed by atoms with Gasteiger partial charge in [-0.25, -0.2) is 0 Å². The van der Waals surface area contributed by atoms with E-state index in [1.807, 2.05) is 0 Å². The Bertz CT molecular complexity index is 927. The molecule has 0 aromatic heterocycles. The predicted molar refractivity (Wildman–Crippen MR) is 105 cm³/mol. The third-order valence-corrected chi connectivity index (χ3v) is 4.33. The van der Waals surface area contributed by atoms with Crippen LogP contribution in [-0.4, -0.2) is 44.3 Å². The van der Waals surface area contributed by atoms with Crippen molar-refractivity contribution >= 4 is 17.8 Å². The van der Waals surface area contributed by atoms with Crippen molar-refractivity contribution < 1.29 is 33.3 Å². The fourth-order valence-electron chi connectivity index (χ4n) is 2.67. The maximum atomic E-state index is 12.2. The van der Waals surface area contributed by atoms with E-state index in [0.29, 0.717) is 22.8 Å². The molecule has 0 aliphatic carbocycles. The number of carbonyl (C=O) groups excluding carboxylic acids is 3. The van der Waals surface area contributed by atoms with E-state index in [0.717, 1.165) is 5.56 Å². The van der Waals surface area contributed by atoms with Gasteiger partial charge in [0.2, 0.25) is 6.79 Å². The molecule has 0 radical (unpaired) electrons. The van der Waals surface area contributed by atoms with Gasteiger partial charge in [0.1, 0.15) is 12.3 Å². The second-order valence-corrected chi connectivity index (χ2v) is 6.45. The molecular weight excluding hydrogens is 392 g/mol. The number of ether oxygens (including phenoxy) is 4. The van der Waals surface area contributed by atoms with Crippen molar-refractivity contribution in [1.29, 1.82) is 0 Å². The molecule has 2 aromatic carbocycles. The molecule has 0 saturated heterocycles. The van der Waals surface area contributed by atoms with Crippen LogP contribution in [0.15, 0.2) is 42.5 Å². The molecule has 0 fully saturated rings. The molecule has 1 aliphatic rings. The Kier molecular flexibility index (Phi) is 6.74. The lowest BCUT2D eigenvalue weighted by atomic mass is 10.2. The zero-order chi connectivity index (χ0) is 21.5. The van der Waals surface area contributed by atoms with Crippen molar-refractivity contribution in [2.45, 2.75) is 19.6 Å². The first-order valence-corrected chi connectivity index (χ1v) is 9.24. The van der Waals surface area contributed by atoms with Crippen LogP contribution in [0.5, 0.6) is 17.2 Å². The standard InChI is InChI=1S/C21H22N2O7/c1-13(20(25)22-10-14-3-8-17-18(9-14)29-12-28-17)30-19(24)11-23-21(26)15-4-6-16(27-2)7-5-15/h3-9,13H,10-12H2,1-2H3,(H,22,25)(H,23,26). The van der Waals surface area contributed by atoms with Crippen LogP contribution < -0.4 is 24.8 Å². The van der Waals surface area contributed by atoms with Gasteiger partial charge in [0.05, 0.1) is 7.11 Å². The average molecular weight is 414 g/mol. The monoisotopic (exact) mass is 414 g/mol. The molecular formula is C21H22N2O7. The Morgan fingerprint density at radius 1 is 1.03 bits per heavy atom. The second kappa shape index (κ2) is 9.64. The Morgan fingerprint density at radius 2 is 1.77 bits per heavy atom. The number of nitrogens with one attached hydrogen (secondary N) is 2. The maximum Gasteiger partial charge on any atom is 0.326 e. The summed E-state index contributed by atoms with van der Waals surface area (Å²) in [4.78, 5) is 36.1. The molecule has 0 bridgehead atoms. The molecule has 2 amide bonds. The van der Waals surface area contributed by atoms with Crippen molar-refractivity contribution in [1.82, 2.24) is 10.6 Å². The highest BCUT2D eigenvalue weighted by Crippen LogP contribution is 2.32.